The maximum Gasteiger partial charge on any atom is 0.246 e. The summed E-state index contributed by atoms with van der Waals surface area (Å²) in [7, 11) is 3.08. The second-order valence-electron chi connectivity index (χ2n) is 7.93. The van der Waals surface area contributed by atoms with Crippen LogP contribution in [0.4, 0.5) is 0 Å². The molecule has 0 saturated carbocycles. The first kappa shape index (κ1) is 23.8. The second-order valence-corrected chi connectivity index (χ2v) is 8.34. The minimum Gasteiger partial charge on any atom is -0.493 e. The van der Waals surface area contributed by atoms with Crippen LogP contribution < -0.4 is 9.47 Å². The van der Waals surface area contributed by atoms with Crippen molar-refractivity contribution in [2.45, 2.75) is 13.0 Å². The zero-order valence-corrected chi connectivity index (χ0v) is 20.2. The molecule has 1 aliphatic heterocycles. The lowest BCUT2D eigenvalue weighted by molar-refractivity contribution is -0.128. The smallest absolute Gasteiger partial charge is 0.246 e. The molecule has 1 fully saturated rings. The summed E-state index contributed by atoms with van der Waals surface area (Å²) < 4.78 is 16.1. The van der Waals surface area contributed by atoms with E-state index in [0.717, 1.165) is 11.1 Å². The van der Waals surface area contributed by atoms with Crippen LogP contribution in [0, 0.1) is 0 Å². The predicted octanol–water partition coefficient (Wildman–Crippen LogP) is 4.33. The largest absolute Gasteiger partial charge is 0.493 e. The SMILES string of the molecule is COc1cc(C=CC(=O)N2CCN(C(C)c3nc(-c4ccccc4)no3)CC2)cc(Cl)c1OC. The summed E-state index contributed by atoms with van der Waals surface area (Å²) in [5.74, 6) is 2.08. The van der Waals surface area contributed by atoms with E-state index in [1.165, 1.54) is 7.11 Å². The number of hydrogen-bond donors (Lipinski definition) is 0. The molecule has 1 aromatic heterocycles. The molecule has 0 spiro atoms. The monoisotopic (exact) mass is 482 g/mol. The first-order valence-corrected chi connectivity index (χ1v) is 11.4. The number of hydrogen-bond acceptors (Lipinski definition) is 7. The maximum atomic E-state index is 12.7. The number of halogens is 1. The van der Waals surface area contributed by atoms with Crippen molar-refractivity contribution in [3.8, 4) is 22.9 Å². The average Bonchev–Trinajstić information content (AvgIpc) is 3.37. The highest BCUT2D eigenvalue weighted by Crippen LogP contribution is 2.36. The van der Waals surface area contributed by atoms with Crippen LogP contribution in [0.2, 0.25) is 5.02 Å². The van der Waals surface area contributed by atoms with Crippen LogP contribution >= 0.6 is 11.6 Å². The van der Waals surface area contributed by atoms with Crippen LogP contribution in [0.3, 0.4) is 0 Å². The highest BCUT2D eigenvalue weighted by Gasteiger charge is 2.27. The summed E-state index contributed by atoms with van der Waals surface area (Å²) in [6.07, 6.45) is 3.29. The van der Waals surface area contributed by atoms with Gasteiger partial charge in [-0.3, -0.25) is 9.69 Å². The third-order valence-electron chi connectivity index (χ3n) is 5.88. The summed E-state index contributed by atoms with van der Waals surface area (Å²) >= 11 is 6.25. The predicted molar refractivity (Wildman–Crippen MR) is 130 cm³/mol. The van der Waals surface area contributed by atoms with Gasteiger partial charge < -0.3 is 18.9 Å². The van der Waals surface area contributed by atoms with Crippen LogP contribution in [-0.2, 0) is 4.79 Å². The van der Waals surface area contributed by atoms with Gasteiger partial charge in [0.2, 0.25) is 17.6 Å². The Hall–Kier alpha value is -3.36. The lowest BCUT2D eigenvalue weighted by atomic mass is 10.1. The molecular weight excluding hydrogens is 456 g/mol. The number of ether oxygens (including phenoxy) is 2. The molecular formula is C25H27ClN4O4. The summed E-state index contributed by atoms with van der Waals surface area (Å²) in [6, 6.07) is 13.2. The number of methoxy groups -OCH3 is 2. The van der Waals surface area contributed by atoms with Crippen LogP contribution in [-0.4, -0.2) is 66.2 Å². The van der Waals surface area contributed by atoms with Gasteiger partial charge in [0.25, 0.3) is 0 Å². The van der Waals surface area contributed by atoms with Gasteiger partial charge in [-0.15, -0.1) is 0 Å². The first-order valence-electron chi connectivity index (χ1n) is 11.0. The number of benzene rings is 2. The van der Waals surface area contributed by atoms with E-state index in [4.69, 9.17) is 25.6 Å². The van der Waals surface area contributed by atoms with E-state index in [0.29, 0.717) is 54.4 Å². The molecule has 1 unspecified atom stereocenters. The molecule has 1 atom stereocenters. The summed E-state index contributed by atoms with van der Waals surface area (Å²) in [4.78, 5) is 21.4. The quantitative estimate of drug-likeness (QED) is 0.464. The summed E-state index contributed by atoms with van der Waals surface area (Å²) in [5, 5.41) is 4.54. The fraction of sp³-hybridized carbons (Fsp3) is 0.320. The Balaban J connectivity index is 1.34. The van der Waals surface area contributed by atoms with Crippen LogP contribution in [0.5, 0.6) is 11.5 Å². The second kappa shape index (κ2) is 10.7. The van der Waals surface area contributed by atoms with E-state index in [1.54, 1.807) is 31.4 Å². The Kier molecular flexibility index (Phi) is 7.49. The van der Waals surface area contributed by atoms with Gasteiger partial charge in [0.15, 0.2) is 11.5 Å². The van der Waals surface area contributed by atoms with Gasteiger partial charge in [0.1, 0.15) is 0 Å². The molecule has 4 rings (SSSR count). The normalized spacial score (nSPS) is 15.5. The molecule has 9 heteroatoms. The molecule has 2 aromatic carbocycles. The standard InChI is InChI=1S/C25H27ClN4O4/c1-17(25-27-24(28-34-25)19-7-5-4-6-8-19)29-11-13-30(14-12-29)22(31)10-9-18-15-20(26)23(33-3)21(16-18)32-2/h4-10,15-17H,11-14H2,1-3H3. The van der Waals surface area contributed by atoms with E-state index < -0.39 is 0 Å². The molecule has 0 bridgehead atoms. The summed E-state index contributed by atoms with van der Waals surface area (Å²) in [6.45, 7) is 4.69. The highest BCUT2D eigenvalue weighted by molar-refractivity contribution is 6.32. The fourth-order valence-corrected chi connectivity index (χ4v) is 4.20. The molecule has 1 aliphatic rings. The Morgan fingerprint density at radius 3 is 2.53 bits per heavy atom. The van der Waals surface area contributed by atoms with Crippen molar-refractivity contribution >= 4 is 23.6 Å². The molecule has 34 heavy (non-hydrogen) atoms. The minimum absolute atomic E-state index is 0.0355. The van der Waals surface area contributed by atoms with Gasteiger partial charge in [0.05, 0.1) is 25.3 Å². The molecule has 8 nitrogen and oxygen atoms in total. The third kappa shape index (κ3) is 5.24. The minimum atomic E-state index is -0.0534. The number of carbonyl (C=O) groups excluding carboxylic acids is 1. The maximum absolute atomic E-state index is 12.7. The van der Waals surface area contributed by atoms with E-state index in [1.807, 2.05) is 42.2 Å². The van der Waals surface area contributed by atoms with Crippen molar-refractivity contribution in [1.29, 1.82) is 0 Å². The van der Waals surface area contributed by atoms with Gasteiger partial charge in [-0.1, -0.05) is 47.1 Å². The van der Waals surface area contributed by atoms with Crippen LogP contribution in [0.1, 0.15) is 24.4 Å². The van der Waals surface area contributed by atoms with Crippen molar-refractivity contribution in [3.63, 3.8) is 0 Å². The molecule has 1 saturated heterocycles. The van der Waals surface area contributed by atoms with Crippen molar-refractivity contribution in [3.05, 3.63) is 65.0 Å². The third-order valence-corrected chi connectivity index (χ3v) is 6.16. The van der Waals surface area contributed by atoms with Gasteiger partial charge in [0, 0.05) is 37.8 Å². The Morgan fingerprint density at radius 2 is 1.85 bits per heavy atom. The van der Waals surface area contributed by atoms with E-state index >= 15 is 0 Å². The number of amides is 1. The van der Waals surface area contributed by atoms with Crippen LogP contribution in [0.25, 0.3) is 17.5 Å². The lowest BCUT2D eigenvalue weighted by Crippen LogP contribution is -2.48. The van der Waals surface area contributed by atoms with E-state index in [2.05, 4.69) is 15.0 Å². The van der Waals surface area contributed by atoms with Crippen molar-refractivity contribution in [1.82, 2.24) is 19.9 Å². The number of aromatic nitrogens is 2. The molecule has 0 N–H and O–H groups in total. The molecule has 2 heterocycles. The van der Waals surface area contributed by atoms with Gasteiger partial charge in [-0.05, 0) is 30.7 Å². The number of carbonyl (C=O) groups is 1. The number of nitrogens with zero attached hydrogens (tertiary/aromatic N) is 4. The fourth-order valence-electron chi connectivity index (χ4n) is 3.90. The van der Waals surface area contributed by atoms with E-state index in [9.17, 15) is 4.79 Å². The van der Waals surface area contributed by atoms with Crippen molar-refractivity contribution in [2.75, 3.05) is 40.4 Å². The number of rotatable bonds is 7. The zero-order chi connectivity index (χ0) is 24.1. The van der Waals surface area contributed by atoms with E-state index in [-0.39, 0.29) is 11.9 Å². The van der Waals surface area contributed by atoms with Crippen LogP contribution in [0.15, 0.2) is 53.1 Å². The van der Waals surface area contributed by atoms with Crippen molar-refractivity contribution < 1.29 is 18.8 Å². The molecule has 0 aliphatic carbocycles. The Labute approximate surface area is 203 Å². The molecule has 1 amide bonds. The Morgan fingerprint density at radius 1 is 1.12 bits per heavy atom. The van der Waals surface area contributed by atoms with Gasteiger partial charge in [-0.2, -0.15) is 4.98 Å². The summed E-state index contributed by atoms with van der Waals surface area (Å²) in [5.41, 5.74) is 1.68. The topological polar surface area (TPSA) is 80.9 Å². The van der Waals surface area contributed by atoms with Gasteiger partial charge in [-0.25, -0.2) is 0 Å². The average molecular weight is 483 g/mol. The molecule has 0 radical (unpaired) electrons. The lowest BCUT2D eigenvalue weighted by Gasteiger charge is -2.36. The zero-order valence-electron chi connectivity index (χ0n) is 19.4. The van der Waals surface area contributed by atoms with Crippen molar-refractivity contribution in [2.24, 2.45) is 0 Å². The number of piperazine rings is 1. The van der Waals surface area contributed by atoms with Gasteiger partial charge >= 0.3 is 0 Å². The Bertz CT molecular complexity index is 1160. The highest BCUT2D eigenvalue weighted by atomic mass is 35.5. The molecule has 3 aromatic rings. The molecule has 178 valence electrons. The first-order chi connectivity index (χ1) is 16.5.